The van der Waals surface area contributed by atoms with E-state index in [1.165, 1.54) is 0 Å². The largest absolute Gasteiger partial charge is 1.00 e. The number of aliphatic carboxylic acids is 3. The van der Waals surface area contributed by atoms with Crippen molar-refractivity contribution in [2.24, 2.45) is 0 Å². The van der Waals surface area contributed by atoms with Crippen LogP contribution in [-0.4, -0.2) is 28.6 Å². The van der Waals surface area contributed by atoms with Crippen molar-refractivity contribution in [3.63, 3.8) is 0 Å². The van der Waals surface area contributed by atoms with E-state index in [2.05, 4.69) is 0 Å². The van der Waals surface area contributed by atoms with Gasteiger partial charge < -0.3 is 34.8 Å². The monoisotopic (exact) mass is 318 g/mol. The van der Waals surface area contributed by atoms with Crippen LogP contribution in [0.2, 0.25) is 0 Å². The molecule has 0 aromatic rings. The van der Waals surface area contributed by atoms with Gasteiger partial charge in [0.2, 0.25) is 0 Å². The number of hydrogen-bond acceptors (Lipinski definition) is 7. The number of carbonyl (C=O) groups is 3. The third kappa shape index (κ3) is 16.7. The Morgan fingerprint density at radius 3 is 1.17 bits per heavy atom. The molecule has 7 nitrogen and oxygen atoms in total. The van der Waals surface area contributed by atoms with Gasteiger partial charge in [0, 0.05) is 24.8 Å². The quantitative estimate of drug-likeness (QED) is 0.496. The van der Waals surface area contributed by atoms with Crippen molar-refractivity contribution < 1.29 is 165 Å². The van der Waals surface area contributed by atoms with Gasteiger partial charge in [0.05, 0.1) is 18.4 Å². The summed E-state index contributed by atoms with van der Waals surface area (Å²) < 4.78 is 0. The zero-order valence-corrected chi connectivity index (χ0v) is 19.7. The molecule has 0 rings (SSSR count). The fraction of sp³-hybridized carbons (Fsp3) is 0.500. The Morgan fingerprint density at radius 1 is 0.833 bits per heavy atom. The van der Waals surface area contributed by atoms with E-state index in [1.54, 1.807) is 0 Å². The summed E-state index contributed by atoms with van der Waals surface area (Å²) in [6, 6.07) is 0. The summed E-state index contributed by atoms with van der Waals surface area (Å²) in [7, 11) is 0. The SMILES string of the molecule is O=C([O-])CC(O)(CC(=O)[O-])C(=O)[O-].[ClH2+].[Na+].[Na+].[Na+].[Na+]. The van der Waals surface area contributed by atoms with E-state index in [1.807, 2.05) is 0 Å². The van der Waals surface area contributed by atoms with Crippen molar-refractivity contribution in [3.05, 3.63) is 0 Å². The van der Waals surface area contributed by atoms with Gasteiger partial charge in [0.1, 0.15) is 5.60 Å². The molecular formula is C6H7ClNa4O7+2. The minimum Gasteiger partial charge on any atom is -0.550 e. The maximum atomic E-state index is 10.1. The van der Waals surface area contributed by atoms with Gasteiger partial charge in [0.25, 0.3) is 0 Å². The van der Waals surface area contributed by atoms with Crippen LogP contribution < -0.4 is 134 Å². The molecule has 0 aliphatic rings. The van der Waals surface area contributed by atoms with Crippen LogP contribution in [0.1, 0.15) is 12.8 Å². The molecule has 0 bridgehead atoms. The molecule has 0 unspecified atom stereocenters. The Labute approximate surface area is 198 Å². The Morgan fingerprint density at radius 2 is 1.06 bits per heavy atom. The molecule has 0 fully saturated rings. The van der Waals surface area contributed by atoms with Gasteiger partial charge in [-0.25, -0.2) is 0 Å². The Hall–Kier alpha value is 2.66. The first-order chi connectivity index (χ1) is 5.78. The molecule has 18 heavy (non-hydrogen) atoms. The van der Waals surface area contributed by atoms with Gasteiger partial charge in [-0.15, -0.1) is 0 Å². The van der Waals surface area contributed by atoms with Crippen LogP contribution in [-0.2, 0) is 14.4 Å². The molecule has 0 aliphatic carbocycles. The maximum absolute atomic E-state index is 10.1. The number of carboxylic acid groups (broad SMARTS) is 3. The van der Waals surface area contributed by atoms with Crippen molar-refractivity contribution in [2.45, 2.75) is 18.4 Å². The van der Waals surface area contributed by atoms with Crippen molar-refractivity contribution in [2.75, 3.05) is 0 Å². The predicted molar refractivity (Wildman–Crippen MR) is 32.0 cm³/mol. The number of carbonyl (C=O) groups excluding carboxylic acids is 3. The van der Waals surface area contributed by atoms with E-state index in [0.29, 0.717) is 0 Å². The van der Waals surface area contributed by atoms with Gasteiger partial charge in [-0.05, 0) is 0 Å². The van der Waals surface area contributed by atoms with E-state index in [4.69, 9.17) is 5.11 Å². The first-order valence-corrected chi connectivity index (χ1v) is 3.11. The molecule has 0 atom stereocenters. The summed E-state index contributed by atoms with van der Waals surface area (Å²) in [5.41, 5.74) is -2.97. The Kier molecular flexibility index (Phi) is 36.6. The molecule has 0 saturated carbocycles. The van der Waals surface area contributed by atoms with Crippen molar-refractivity contribution in [3.8, 4) is 0 Å². The van der Waals surface area contributed by atoms with E-state index < -0.39 is 36.4 Å². The predicted octanol–water partition coefficient (Wildman–Crippen LogP) is -17.8. The van der Waals surface area contributed by atoms with E-state index in [9.17, 15) is 29.7 Å². The van der Waals surface area contributed by atoms with Crippen LogP contribution in [0.15, 0.2) is 0 Å². The first-order valence-electron chi connectivity index (χ1n) is 3.11. The van der Waals surface area contributed by atoms with Gasteiger partial charge >= 0.3 is 118 Å². The number of carboxylic acids is 3. The molecule has 0 saturated heterocycles. The average molecular weight is 319 g/mol. The molecule has 12 heteroatoms. The van der Waals surface area contributed by atoms with Crippen LogP contribution in [0.5, 0.6) is 0 Å². The summed E-state index contributed by atoms with van der Waals surface area (Å²) in [6.07, 6.45) is -2.72. The maximum Gasteiger partial charge on any atom is 1.00 e. The van der Waals surface area contributed by atoms with Crippen LogP contribution in [0.4, 0.5) is 0 Å². The van der Waals surface area contributed by atoms with Gasteiger partial charge in [-0.1, -0.05) is 0 Å². The summed E-state index contributed by atoms with van der Waals surface area (Å²) in [6.45, 7) is 0. The fourth-order valence-corrected chi connectivity index (χ4v) is 0.684. The topological polar surface area (TPSA) is 141 Å². The smallest absolute Gasteiger partial charge is 0.550 e. The molecule has 0 aliphatic heterocycles. The third-order valence-corrected chi connectivity index (χ3v) is 1.25. The molecule has 0 spiro atoms. The standard InChI is InChI=1S/C6H8O7.ClH2.4Na/c7-3(8)1-6(13,5(11)12)2-4(9)10;;;;;/h13H,1-2H2,(H,7,8)(H,9,10)(H,11,12);1H2;;;;/q;5*+1/p-3. The molecule has 0 heterocycles. The number of aliphatic hydroxyl groups is 1. The minimum absolute atomic E-state index is 0. The van der Waals surface area contributed by atoms with Crippen LogP contribution >= 0.6 is 0 Å². The van der Waals surface area contributed by atoms with E-state index in [0.717, 1.165) is 0 Å². The second kappa shape index (κ2) is 17.7. The summed E-state index contributed by atoms with van der Waals surface area (Å²) in [5.74, 6) is -5.98. The molecule has 0 radical (unpaired) electrons. The molecule has 82 valence electrons. The molecule has 0 aromatic heterocycles. The van der Waals surface area contributed by atoms with Crippen molar-refractivity contribution in [1.29, 1.82) is 0 Å². The number of rotatable bonds is 5. The third-order valence-electron chi connectivity index (χ3n) is 1.25. The number of halogens is 1. The van der Waals surface area contributed by atoms with Gasteiger partial charge in [-0.3, -0.25) is 0 Å². The van der Waals surface area contributed by atoms with Crippen LogP contribution in [0.3, 0.4) is 0 Å². The Bertz CT molecular complexity index is 246. The first kappa shape index (κ1) is 37.2. The van der Waals surface area contributed by atoms with E-state index in [-0.39, 0.29) is 131 Å². The van der Waals surface area contributed by atoms with Gasteiger partial charge in [0.15, 0.2) is 0 Å². The second-order valence-corrected chi connectivity index (χ2v) is 2.42. The second-order valence-electron chi connectivity index (χ2n) is 2.42. The van der Waals surface area contributed by atoms with E-state index >= 15 is 0 Å². The van der Waals surface area contributed by atoms with Crippen LogP contribution in [0.25, 0.3) is 0 Å². The Balaban J connectivity index is -0.0000000720. The fourth-order valence-electron chi connectivity index (χ4n) is 0.684. The van der Waals surface area contributed by atoms with Crippen molar-refractivity contribution >= 4 is 17.9 Å². The van der Waals surface area contributed by atoms with Crippen molar-refractivity contribution in [1.82, 2.24) is 0 Å². The van der Waals surface area contributed by atoms with Gasteiger partial charge in [-0.2, -0.15) is 0 Å². The summed E-state index contributed by atoms with van der Waals surface area (Å²) in [4.78, 5) is 30.0. The normalized spacial score (nSPS) is 7.83. The van der Waals surface area contributed by atoms with Crippen LogP contribution in [0, 0.1) is 12.4 Å². The number of hydrogen-bond donors (Lipinski definition) is 1. The molecule has 1 N–H and O–H groups in total. The molecular weight excluding hydrogens is 311 g/mol. The molecule has 0 amide bonds. The average Bonchev–Trinajstić information content (AvgIpc) is 1.82. The zero-order valence-electron chi connectivity index (χ0n) is 10.8. The summed E-state index contributed by atoms with van der Waals surface area (Å²) in [5, 5.41) is 38.9. The summed E-state index contributed by atoms with van der Waals surface area (Å²) >= 11 is 0. The zero-order chi connectivity index (χ0) is 10.6. The molecule has 0 aromatic carbocycles. The minimum atomic E-state index is -2.97.